The second-order valence-corrected chi connectivity index (χ2v) is 2.78. The maximum absolute atomic E-state index is 10.7. The van der Waals surface area contributed by atoms with E-state index in [1.165, 1.54) is 12.1 Å². The predicted molar refractivity (Wildman–Crippen MR) is 54.3 cm³/mol. The fourth-order valence-electron chi connectivity index (χ4n) is 0.996. The van der Waals surface area contributed by atoms with Gasteiger partial charge in [0.1, 0.15) is 6.61 Å². The number of nitrogens with one attached hydrogen (secondary N) is 1. The average molecular weight is 206 g/mol. The summed E-state index contributed by atoms with van der Waals surface area (Å²) >= 11 is 0. The van der Waals surface area contributed by atoms with Crippen LogP contribution in [0.25, 0.3) is 0 Å². The van der Waals surface area contributed by atoms with Gasteiger partial charge in [-0.2, -0.15) is 0 Å². The number of hydrogen-bond donors (Lipinski definition) is 2. The highest BCUT2D eigenvalue weighted by Gasteiger charge is 2.06. The van der Waals surface area contributed by atoms with Crippen molar-refractivity contribution in [3.05, 3.63) is 23.4 Å². The number of nitrogens with zero attached hydrogens (tertiary/aromatic N) is 1. The highest BCUT2D eigenvalue weighted by molar-refractivity contribution is 5.88. The minimum Gasteiger partial charge on any atom is -0.478 e. The summed E-state index contributed by atoms with van der Waals surface area (Å²) in [6, 6.07) is 2.83. The van der Waals surface area contributed by atoms with Crippen LogP contribution in [0, 0.1) is 19.3 Å². The Morgan fingerprint density at radius 1 is 1.73 bits per heavy atom. The number of terminal acetylenes is 1. The van der Waals surface area contributed by atoms with Gasteiger partial charge < -0.3 is 5.11 Å². The molecule has 1 rings (SSSR count). The Balaban J connectivity index is 2.80. The molecule has 5 heteroatoms. The normalized spacial score (nSPS) is 9.33. The van der Waals surface area contributed by atoms with Crippen molar-refractivity contribution in [2.24, 2.45) is 0 Å². The first-order valence-electron chi connectivity index (χ1n) is 4.16. The number of rotatable bonds is 4. The standard InChI is InChI=1S/C10H10N2O3/c1-3-4-15-12-9-6-8(10(13)14)5-7(2)11-9/h1,5-6H,4H2,2H3,(H,11,12)(H,13,14). The number of pyridine rings is 1. The van der Waals surface area contributed by atoms with E-state index >= 15 is 0 Å². The molecule has 0 unspecified atom stereocenters. The monoisotopic (exact) mass is 206 g/mol. The molecule has 15 heavy (non-hydrogen) atoms. The maximum atomic E-state index is 10.7. The molecule has 2 N–H and O–H groups in total. The third-order valence-corrected chi connectivity index (χ3v) is 1.53. The van der Waals surface area contributed by atoms with Crippen LogP contribution in [0.5, 0.6) is 0 Å². The molecule has 0 bridgehead atoms. The number of carboxylic acids is 1. The quantitative estimate of drug-likeness (QED) is 0.438. The second kappa shape index (κ2) is 4.98. The molecule has 5 nitrogen and oxygen atoms in total. The van der Waals surface area contributed by atoms with Crippen molar-refractivity contribution in [3.63, 3.8) is 0 Å². The molecule has 0 aliphatic heterocycles. The van der Waals surface area contributed by atoms with Crippen molar-refractivity contribution in [1.29, 1.82) is 0 Å². The minimum absolute atomic E-state index is 0.0814. The highest BCUT2D eigenvalue weighted by atomic mass is 16.6. The predicted octanol–water partition coefficient (Wildman–Crippen LogP) is 1.06. The van der Waals surface area contributed by atoms with E-state index in [4.69, 9.17) is 16.4 Å². The van der Waals surface area contributed by atoms with E-state index in [-0.39, 0.29) is 12.2 Å². The topological polar surface area (TPSA) is 71.5 Å². The van der Waals surface area contributed by atoms with Crippen molar-refractivity contribution < 1.29 is 14.7 Å². The number of carbonyl (C=O) groups is 1. The van der Waals surface area contributed by atoms with Gasteiger partial charge in [0.05, 0.1) is 5.56 Å². The molecule has 0 fully saturated rings. The van der Waals surface area contributed by atoms with Crippen molar-refractivity contribution in [1.82, 2.24) is 4.98 Å². The van der Waals surface area contributed by atoms with Gasteiger partial charge in [0, 0.05) is 5.69 Å². The first-order chi connectivity index (χ1) is 7.13. The average Bonchev–Trinajstić information content (AvgIpc) is 2.17. The number of carboxylic acid groups (broad SMARTS) is 1. The van der Waals surface area contributed by atoms with Crippen LogP contribution < -0.4 is 5.48 Å². The van der Waals surface area contributed by atoms with Crippen LogP contribution in [0.4, 0.5) is 5.82 Å². The van der Waals surface area contributed by atoms with Gasteiger partial charge in [0.2, 0.25) is 0 Å². The molecule has 0 atom stereocenters. The lowest BCUT2D eigenvalue weighted by Gasteiger charge is -2.05. The van der Waals surface area contributed by atoms with Crippen LogP contribution in [-0.2, 0) is 4.84 Å². The van der Waals surface area contributed by atoms with Crippen molar-refractivity contribution >= 4 is 11.8 Å². The van der Waals surface area contributed by atoms with Gasteiger partial charge in [-0.3, -0.25) is 4.84 Å². The molecule has 1 aromatic rings. The summed E-state index contributed by atoms with van der Waals surface area (Å²) in [6.45, 7) is 1.77. The van der Waals surface area contributed by atoms with Gasteiger partial charge in [-0.25, -0.2) is 15.3 Å². The van der Waals surface area contributed by atoms with Gasteiger partial charge in [0.25, 0.3) is 0 Å². The summed E-state index contributed by atoms with van der Waals surface area (Å²) in [6.07, 6.45) is 4.97. The van der Waals surface area contributed by atoms with Gasteiger partial charge >= 0.3 is 5.97 Å². The molecule has 0 radical (unpaired) electrons. The third-order valence-electron chi connectivity index (χ3n) is 1.53. The van der Waals surface area contributed by atoms with E-state index in [2.05, 4.69) is 16.4 Å². The fraction of sp³-hybridized carbons (Fsp3) is 0.200. The molecule has 0 saturated carbocycles. The SMILES string of the molecule is C#CCONc1cc(C(=O)O)cc(C)n1. The number of anilines is 1. The van der Waals surface area contributed by atoms with Crippen LogP contribution in [0.15, 0.2) is 12.1 Å². The second-order valence-electron chi connectivity index (χ2n) is 2.78. The fourth-order valence-corrected chi connectivity index (χ4v) is 0.996. The zero-order valence-corrected chi connectivity index (χ0v) is 8.15. The molecule has 1 heterocycles. The molecule has 0 spiro atoms. The highest BCUT2D eigenvalue weighted by Crippen LogP contribution is 2.09. The lowest BCUT2D eigenvalue weighted by atomic mass is 10.2. The summed E-state index contributed by atoms with van der Waals surface area (Å²) < 4.78 is 0. The van der Waals surface area contributed by atoms with E-state index < -0.39 is 5.97 Å². The Kier molecular flexibility index (Phi) is 3.66. The Hall–Kier alpha value is -2.06. The Labute approximate surface area is 87.0 Å². The van der Waals surface area contributed by atoms with E-state index in [0.29, 0.717) is 11.5 Å². The lowest BCUT2D eigenvalue weighted by molar-refractivity contribution is 0.0696. The van der Waals surface area contributed by atoms with E-state index in [1.807, 2.05) is 0 Å². The molecule has 0 amide bonds. The van der Waals surface area contributed by atoms with E-state index in [1.54, 1.807) is 6.92 Å². The smallest absolute Gasteiger partial charge is 0.335 e. The molecule has 0 saturated heterocycles. The number of hydrogen-bond acceptors (Lipinski definition) is 4. The van der Waals surface area contributed by atoms with Crippen LogP contribution in [0.1, 0.15) is 16.1 Å². The number of aryl methyl sites for hydroxylation is 1. The maximum Gasteiger partial charge on any atom is 0.335 e. The molecular weight excluding hydrogens is 196 g/mol. The molecule has 0 aliphatic rings. The van der Waals surface area contributed by atoms with Crippen molar-refractivity contribution in [3.8, 4) is 12.3 Å². The summed E-state index contributed by atoms with van der Waals surface area (Å²) in [4.78, 5) is 19.5. The zero-order valence-electron chi connectivity index (χ0n) is 8.15. The molecular formula is C10H10N2O3. The van der Waals surface area contributed by atoms with Crippen LogP contribution in [0.3, 0.4) is 0 Å². The Bertz CT molecular complexity index is 410. The van der Waals surface area contributed by atoms with Crippen LogP contribution in [-0.4, -0.2) is 22.7 Å². The molecule has 78 valence electrons. The first-order valence-corrected chi connectivity index (χ1v) is 4.16. The van der Waals surface area contributed by atoms with Gasteiger partial charge in [-0.05, 0) is 19.1 Å². The van der Waals surface area contributed by atoms with E-state index in [0.717, 1.165) is 0 Å². The zero-order chi connectivity index (χ0) is 11.3. The van der Waals surface area contributed by atoms with E-state index in [9.17, 15) is 4.79 Å². The summed E-state index contributed by atoms with van der Waals surface area (Å²) in [7, 11) is 0. The molecule has 0 aromatic carbocycles. The lowest BCUT2D eigenvalue weighted by Crippen LogP contribution is -2.06. The third kappa shape index (κ3) is 3.29. The Morgan fingerprint density at radius 2 is 2.47 bits per heavy atom. The molecule has 1 aromatic heterocycles. The summed E-state index contributed by atoms with van der Waals surface area (Å²) in [5.41, 5.74) is 3.20. The van der Waals surface area contributed by atoms with Gasteiger partial charge in [-0.1, -0.05) is 5.92 Å². The summed E-state index contributed by atoms with van der Waals surface area (Å²) in [5, 5.41) is 8.78. The van der Waals surface area contributed by atoms with Crippen LogP contribution in [0.2, 0.25) is 0 Å². The largest absolute Gasteiger partial charge is 0.478 e. The summed E-state index contributed by atoms with van der Waals surface area (Å²) in [5.74, 6) is 1.57. The first kappa shape index (κ1) is 11.0. The van der Waals surface area contributed by atoms with Crippen molar-refractivity contribution in [2.45, 2.75) is 6.92 Å². The van der Waals surface area contributed by atoms with Gasteiger partial charge in [0.15, 0.2) is 5.82 Å². The van der Waals surface area contributed by atoms with Gasteiger partial charge in [-0.15, -0.1) is 6.42 Å². The number of aromatic nitrogens is 1. The minimum atomic E-state index is -1.01. The molecule has 0 aliphatic carbocycles. The Morgan fingerprint density at radius 3 is 3.07 bits per heavy atom. The number of aromatic carboxylic acids is 1. The van der Waals surface area contributed by atoms with Crippen LogP contribution >= 0.6 is 0 Å². The van der Waals surface area contributed by atoms with Crippen molar-refractivity contribution in [2.75, 3.05) is 12.1 Å².